The summed E-state index contributed by atoms with van der Waals surface area (Å²) in [6.07, 6.45) is -4.67. The molecule has 0 spiro atoms. The van der Waals surface area contributed by atoms with Gasteiger partial charge in [0.15, 0.2) is 0 Å². The maximum atomic E-state index is 13.5. The number of hydrogen-bond donors (Lipinski definition) is 3. The molecule has 1 fully saturated rings. The largest absolute Gasteiger partial charge is 0.480 e. The molecule has 5 rings (SSSR count). The average molecular weight is 564 g/mol. The molecule has 1 saturated heterocycles. The Morgan fingerprint density at radius 2 is 1.56 bits per heavy atom. The van der Waals surface area contributed by atoms with Gasteiger partial charge in [0.25, 0.3) is 0 Å². The Balaban J connectivity index is 1.32. The van der Waals surface area contributed by atoms with Crippen molar-refractivity contribution in [1.29, 1.82) is 0 Å². The van der Waals surface area contributed by atoms with Crippen LogP contribution in [-0.2, 0) is 20.9 Å². The lowest BCUT2D eigenvalue weighted by molar-refractivity contribution is -0.144. The third kappa shape index (κ3) is 6.22. The highest BCUT2D eigenvalue weighted by atomic mass is 19.3. The normalized spacial score (nSPS) is 18.9. The molecule has 0 radical (unpaired) electrons. The van der Waals surface area contributed by atoms with E-state index in [9.17, 15) is 28.3 Å². The van der Waals surface area contributed by atoms with E-state index in [2.05, 4.69) is 10.6 Å². The highest BCUT2D eigenvalue weighted by Gasteiger charge is 2.47. The standard InChI is InChI=1S/C31H31F2N3O5/c32-27(33)16-26(28(37)38)34-29(39)31(14-15-36(19-31)17-20-8-2-1-3-9-20)35-30(40)41-18-25-23-12-6-4-10-21(23)22-11-5-7-13-24(22)25/h1-13,25-27H,14-19H2,(H,34,39)(H,35,40)(H,37,38). The average Bonchev–Trinajstić information content (AvgIpc) is 3.51. The molecule has 2 amide bonds. The van der Waals surface area contributed by atoms with Gasteiger partial charge in [0.05, 0.1) is 0 Å². The van der Waals surface area contributed by atoms with E-state index in [1.807, 2.05) is 83.8 Å². The Morgan fingerprint density at radius 1 is 0.951 bits per heavy atom. The number of carbonyl (C=O) groups is 3. The van der Waals surface area contributed by atoms with Crippen LogP contribution in [0.3, 0.4) is 0 Å². The summed E-state index contributed by atoms with van der Waals surface area (Å²) < 4.78 is 31.7. The SMILES string of the molecule is O=C(NC1(C(=O)NC(CC(F)F)C(=O)O)CCN(Cc2ccccc2)C1)OCC1c2ccccc2-c2ccccc21. The number of fused-ring (bicyclic) bond motifs is 3. The molecule has 214 valence electrons. The molecule has 0 bridgehead atoms. The van der Waals surface area contributed by atoms with Gasteiger partial charge in [-0.15, -0.1) is 0 Å². The molecule has 1 aliphatic heterocycles. The molecule has 1 heterocycles. The molecular weight excluding hydrogens is 532 g/mol. The van der Waals surface area contributed by atoms with Crippen molar-refractivity contribution in [3.8, 4) is 11.1 Å². The van der Waals surface area contributed by atoms with E-state index in [0.717, 1.165) is 27.8 Å². The van der Waals surface area contributed by atoms with Crippen LogP contribution in [0.25, 0.3) is 11.1 Å². The zero-order valence-electron chi connectivity index (χ0n) is 22.3. The fraction of sp³-hybridized carbons (Fsp3) is 0.323. The van der Waals surface area contributed by atoms with E-state index in [1.165, 1.54) is 0 Å². The van der Waals surface area contributed by atoms with Crippen molar-refractivity contribution in [2.75, 3.05) is 19.7 Å². The van der Waals surface area contributed by atoms with E-state index < -0.39 is 42.4 Å². The Kier molecular flexibility index (Phi) is 8.30. The summed E-state index contributed by atoms with van der Waals surface area (Å²) >= 11 is 0. The number of carbonyl (C=O) groups excluding carboxylic acids is 2. The zero-order chi connectivity index (χ0) is 29.0. The summed E-state index contributed by atoms with van der Waals surface area (Å²) in [7, 11) is 0. The van der Waals surface area contributed by atoms with Gasteiger partial charge in [-0.1, -0.05) is 78.9 Å². The molecule has 0 saturated carbocycles. The number of amides is 2. The van der Waals surface area contributed by atoms with E-state index in [4.69, 9.17) is 4.74 Å². The van der Waals surface area contributed by atoms with Crippen molar-refractivity contribution in [3.63, 3.8) is 0 Å². The Labute approximate surface area is 236 Å². The predicted molar refractivity (Wildman–Crippen MR) is 147 cm³/mol. The molecule has 1 aliphatic carbocycles. The van der Waals surface area contributed by atoms with E-state index in [0.29, 0.717) is 13.1 Å². The van der Waals surface area contributed by atoms with Gasteiger partial charge < -0.3 is 20.5 Å². The van der Waals surface area contributed by atoms with Gasteiger partial charge in [-0.25, -0.2) is 18.4 Å². The Hall–Kier alpha value is -4.31. The second-order valence-corrected chi connectivity index (χ2v) is 10.5. The van der Waals surface area contributed by atoms with Gasteiger partial charge in [-0.05, 0) is 34.2 Å². The van der Waals surface area contributed by atoms with Gasteiger partial charge in [0, 0.05) is 32.0 Å². The van der Waals surface area contributed by atoms with Crippen LogP contribution in [0.2, 0.25) is 0 Å². The molecule has 0 aromatic heterocycles. The Bertz CT molecular complexity index is 1370. The number of aliphatic carboxylic acids is 1. The van der Waals surface area contributed by atoms with Gasteiger partial charge in [-0.3, -0.25) is 9.69 Å². The van der Waals surface area contributed by atoms with Gasteiger partial charge in [0.1, 0.15) is 18.2 Å². The summed E-state index contributed by atoms with van der Waals surface area (Å²) in [4.78, 5) is 40.2. The lowest BCUT2D eigenvalue weighted by Crippen LogP contribution is -2.62. The number of ether oxygens (including phenoxy) is 1. The maximum Gasteiger partial charge on any atom is 0.408 e. The minimum absolute atomic E-state index is 0.0222. The first-order valence-corrected chi connectivity index (χ1v) is 13.5. The van der Waals surface area contributed by atoms with Crippen LogP contribution in [0.1, 0.15) is 35.4 Å². The number of benzene rings is 3. The second kappa shape index (κ2) is 12.1. The Morgan fingerprint density at radius 3 is 2.17 bits per heavy atom. The van der Waals surface area contributed by atoms with Crippen LogP contribution in [0.5, 0.6) is 0 Å². The van der Waals surface area contributed by atoms with Crippen molar-refractivity contribution in [1.82, 2.24) is 15.5 Å². The van der Waals surface area contributed by atoms with E-state index >= 15 is 0 Å². The van der Waals surface area contributed by atoms with E-state index in [-0.39, 0.29) is 25.5 Å². The minimum Gasteiger partial charge on any atom is -0.480 e. The second-order valence-electron chi connectivity index (χ2n) is 10.5. The van der Waals surface area contributed by atoms with Crippen LogP contribution in [-0.4, -0.2) is 65.7 Å². The molecule has 2 atom stereocenters. The summed E-state index contributed by atoms with van der Waals surface area (Å²) in [5.41, 5.74) is 3.62. The van der Waals surface area contributed by atoms with Crippen molar-refractivity contribution in [3.05, 3.63) is 95.6 Å². The number of carboxylic acid groups (broad SMARTS) is 1. The molecule has 2 unspecified atom stereocenters. The van der Waals surface area contributed by atoms with Crippen LogP contribution in [0.15, 0.2) is 78.9 Å². The third-order valence-electron chi connectivity index (χ3n) is 7.73. The zero-order valence-corrected chi connectivity index (χ0v) is 22.3. The monoisotopic (exact) mass is 563 g/mol. The van der Waals surface area contributed by atoms with Crippen LogP contribution in [0, 0.1) is 0 Å². The van der Waals surface area contributed by atoms with Gasteiger partial charge in [-0.2, -0.15) is 0 Å². The summed E-state index contributed by atoms with van der Waals surface area (Å²) in [6, 6.07) is 23.5. The topological polar surface area (TPSA) is 108 Å². The first-order chi connectivity index (χ1) is 19.8. The fourth-order valence-corrected chi connectivity index (χ4v) is 5.74. The number of hydrogen-bond acceptors (Lipinski definition) is 5. The maximum absolute atomic E-state index is 13.5. The summed E-state index contributed by atoms with van der Waals surface area (Å²) in [5, 5.41) is 14.3. The third-order valence-corrected chi connectivity index (χ3v) is 7.73. The molecule has 3 N–H and O–H groups in total. The first kappa shape index (κ1) is 28.2. The lowest BCUT2D eigenvalue weighted by atomic mass is 9.96. The smallest absolute Gasteiger partial charge is 0.408 e. The molecule has 3 aromatic carbocycles. The molecule has 3 aromatic rings. The highest BCUT2D eigenvalue weighted by Crippen LogP contribution is 2.44. The number of alkyl carbamates (subject to hydrolysis) is 1. The molecule has 8 nitrogen and oxygen atoms in total. The minimum atomic E-state index is -2.93. The van der Waals surface area contributed by atoms with Crippen molar-refractivity contribution < 1.29 is 33.0 Å². The number of rotatable bonds is 10. The number of halogens is 2. The van der Waals surface area contributed by atoms with Gasteiger partial charge in [0.2, 0.25) is 12.3 Å². The summed E-state index contributed by atoms with van der Waals surface area (Å²) in [5.74, 6) is -2.61. The number of alkyl halides is 2. The number of nitrogens with zero attached hydrogens (tertiary/aromatic N) is 1. The quantitative estimate of drug-likeness (QED) is 0.338. The number of likely N-dealkylation sites (tertiary alicyclic amines) is 1. The van der Waals surface area contributed by atoms with E-state index in [1.54, 1.807) is 0 Å². The molecule has 10 heteroatoms. The van der Waals surface area contributed by atoms with Crippen LogP contribution >= 0.6 is 0 Å². The van der Waals surface area contributed by atoms with Gasteiger partial charge >= 0.3 is 12.1 Å². The van der Waals surface area contributed by atoms with Crippen molar-refractivity contribution in [2.45, 2.75) is 43.3 Å². The predicted octanol–water partition coefficient (Wildman–Crippen LogP) is 4.39. The number of nitrogens with one attached hydrogen (secondary N) is 2. The fourth-order valence-electron chi connectivity index (χ4n) is 5.74. The first-order valence-electron chi connectivity index (χ1n) is 13.5. The van der Waals surface area contributed by atoms with Crippen LogP contribution in [0.4, 0.5) is 13.6 Å². The van der Waals surface area contributed by atoms with Crippen molar-refractivity contribution >= 4 is 18.0 Å². The molecule has 41 heavy (non-hydrogen) atoms. The molecular formula is C31H31F2N3O5. The van der Waals surface area contributed by atoms with Crippen LogP contribution < -0.4 is 10.6 Å². The highest BCUT2D eigenvalue weighted by molar-refractivity contribution is 5.93. The molecule has 2 aliphatic rings. The lowest BCUT2D eigenvalue weighted by Gasteiger charge is -2.30. The summed E-state index contributed by atoms with van der Waals surface area (Å²) in [6.45, 7) is 0.980. The van der Waals surface area contributed by atoms with Crippen molar-refractivity contribution in [2.24, 2.45) is 0 Å². The number of carboxylic acids is 1.